The molecule has 152 valence electrons. The van der Waals surface area contributed by atoms with Gasteiger partial charge in [-0.3, -0.25) is 14.8 Å². The van der Waals surface area contributed by atoms with E-state index < -0.39 is 0 Å². The van der Waals surface area contributed by atoms with Crippen LogP contribution in [0.15, 0.2) is 54.6 Å². The number of carbonyl (C=O) groups is 1. The molecule has 2 aromatic heterocycles. The van der Waals surface area contributed by atoms with Crippen molar-refractivity contribution in [2.24, 2.45) is 0 Å². The van der Waals surface area contributed by atoms with Crippen LogP contribution in [-0.4, -0.2) is 38.8 Å². The van der Waals surface area contributed by atoms with Crippen LogP contribution in [0.4, 0.5) is 5.82 Å². The molecule has 0 saturated heterocycles. The van der Waals surface area contributed by atoms with Gasteiger partial charge in [0.15, 0.2) is 16.8 Å². The van der Waals surface area contributed by atoms with E-state index in [-0.39, 0.29) is 12.2 Å². The highest BCUT2D eigenvalue weighted by Crippen LogP contribution is 2.30. The molecule has 0 spiro atoms. The molecule has 0 fully saturated rings. The molecule has 0 radical (unpaired) electrons. The summed E-state index contributed by atoms with van der Waals surface area (Å²) >= 11 is 12.3. The number of carbonyl (C=O) groups excluding carboxylic acids is 1. The molecule has 8 heteroatoms. The van der Waals surface area contributed by atoms with Crippen LogP contribution in [0, 0.1) is 0 Å². The Balaban J connectivity index is 1.51. The highest BCUT2D eigenvalue weighted by molar-refractivity contribution is 6.34. The summed E-state index contributed by atoms with van der Waals surface area (Å²) in [5.74, 6) is 0.582. The van der Waals surface area contributed by atoms with E-state index in [4.69, 9.17) is 23.2 Å². The maximum absolute atomic E-state index is 12.5. The molecular formula is C22H19Cl2N5O. The van der Waals surface area contributed by atoms with Gasteiger partial charge >= 0.3 is 0 Å². The smallest absolute Gasteiger partial charge is 0.171 e. The lowest BCUT2D eigenvalue weighted by molar-refractivity contribution is 0.0992. The number of aromatic nitrogens is 4. The second-order valence-electron chi connectivity index (χ2n) is 7.07. The monoisotopic (exact) mass is 439 g/mol. The number of halogens is 2. The van der Waals surface area contributed by atoms with Crippen molar-refractivity contribution in [1.29, 1.82) is 0 Å². The Morgan fingerprint density at radius 1 is 1.07 bits per heavy atom. The van der Waals surface area contributed by atoms with Crippen LogP contribution in [0.5, 0.6) is 0 Å². The zero-order valence-corrected chi connectivity index (χ0v) is 17.9. The van der Waals surface area contributed by atoms with Gasteiger partial charge in [-0.05, 0) is 31.1 Å². The highest BCUT2D eigenvalue weighted by atomic mass is 35.5. The summed E-state index contributed by atoms with van der Waals surface area (Å²) in [7, 11) is 0. The number of rotatable bonds is 5. The number of nitrogens with zero attached hydrogens (tertiary/aromatic N) is 5. The van der Waals surface area contributed by atoms with Gasteiger partial charge in [0.25, 0.3) is 0 Å². The molecule has 3 aromatic rings. The van der Waals surface area contributed by atoms with E-state index in [1.165, 1.54) is 5.57 Å². The van der Waals surface area contributed by atoms with Gasteiger partial charge in [-0.2, -0.15) is 0 Å². The number of hydrogen-bond donors (Lipinski definition) is 0. The lowest BCUT2D eigenvalue weighted by Gasteiger charge is -2.30. The van der Waals surface area contributed by atoms with Crippen LogP contribution in [-0.2, 0) is 6.42 Å². The maximum atomic E-state index is 12.5. The lowest BCUT2D eigenvalue weighted by Crippen LogP contribution is -2.32. The van der Waals surface area contributed by atoms with Gasteiger partial charge in [-0.15, -0.1) is 0 Å². The Morgan fingerprint density at radius 2 is 1.87 bits per heavy atom. The van der Waals surface area contributed by atoms with E-state index in [2.05, 4.69) is 31.8 Å². The first kappa shape index (κ1) is 20.4. The van der Waals surface area contributed by atoms with Crippen molar-refractivity contribution >= 4 is 40.4 Å². The molecule has 0 saturated carbocycles. The van der Waals surface area contributed by atoms with E-state index in [0.717, 1.165) is 24.2 Å². The number of anilines is 1. The molecule has 6 nitrogen and oxygen atoms in total. The number of ketones is 1. The van der Waals surface area contributed by atoms with E-state index in [9.17, 15) is 4.79 Å². The van der Waals surface area contributed by atoms with E-state index >= 15 is 0 Å². The van der Waals surface area contributed by atoms with Crippen molar-refractivity contribution in [2.75, 3.05) is 18.0 Å². The Labute approximate surface area is 184 Å². The SMILES string of the molecule is CC1=C(c2cnc(CC(=O)c3ccccc3Cl)cn2)CN(c2nccnc2Cl)CC1. The Morgan fingerprint density at radius 3 is 2.60 bits per heavy atom. The molecule has 0 N–H and O–H groups in total. The van der Waals surface area contributed by atoms with E-state index in [1.54, 1.807) is 49.1 Å². The Kier molecular flexibility index (Phi) is 6.06. The predicted molar refractivity (Wildman–Crippen MR) is 118 cm³/mol. The molecule has 0 aliphatic carbocycles. The first-order valence-corrected chi connectivity index (χ1v) is 10.3. The summed E-state index contributed by atoms with van der Waals surface area (Å²) in [4.78, 5) is 32.1. The van der Waals surface area contributed by atoms with E-state index in [0.29, 0.717) is 33.8 Å². The van der Waals surface area contributed by atoms with Gasteiger partial charge in [-0.25, -0.2) is 9.97 Å². The van der Waals surface area contributed by atoms with Crippen molar-refractivity contribution in [3.8, 4) is 0 Å². The minimum absolute atomic E-state index is 0.0841. The second kappa shape index (κ2) is 8.90. The first-order chi connectivity index (χ1) is 14.5. The minimum Gasteiger partial charge on any atom is -0.349 e. The fourth-order valence-electron chi connectivity index (χ4n) is 3.41. The zero-order chi connectivity index (χ0) is 21.1. The second-order valence-corrected chi connectivity index (χ2v) is 7.84. The largest absolute Gasteiger partial charge is 0.349 e. The Bertz CT molecular complexity index is 1110. The molecule has 0 unspecified atom stereocenters. The molecule has 1 aromatic carbocycles. The molecule has 3 heterocycles. The van der Waals surface area contributed by atoms with Gasteiger partial charge in [0.05, 0.1) is 29.0 Å². The van der Waals surface area contributed by atoms with Crippen LogP contribution in [0.3, 0.4) is 0 Å². The Hall–Kier alpha value is -2.83. The highest BCUT2D eigenvalue weighted by Gasteiger charge is 2.22. The van der Waals surface area contributed by atoms with Crippen molar-refractivity contribution in [1.82, 2.24) is 19.9 Å². The lowest BCUT2D eigenvalue weighted by atomic mass is 9.99. The summed E-state index contributed by atoms with van der Waals surface area (Å²) < 4.78 is 0. The van der Waals surface area contributed by atoms with Crippen LogP contribution in [0.1, 0.15) is 35.1 Å². The number of benzene rings is 1. The summed E-state index contributed by atoms with van der Waals surface area (Å²) in [6.07, 6.45) is 7.60. The van der Waals surface area contributed by atoms with Crippen molar-refractivity contribution in [2.45, 2.75) is 19.8 Å². The zero-order valence-electron chi connectivity index (χ0n) is 16.3. The molecule has 0 bridgehead atoms. The molecule has 0 atom stereocenters. The van der Waals surface area contributed by atoms with Gasteiger partial charge in [-0.1, -0.05) is 40.9 Å². The molecule has 4 rings (SSSR count). The summed E-state index contributed by atoms with van der Waals surface area (Å²) in [6.45, 7) is 3.53. The third-order valence-corrected chi connectivity index (χ3v) is 5.68. The molecule has 1 aliphatic rings. The van der Waals surface area contributed by atoms with Crippen molar-refractivity contribution in [3.05, 3.63) is 81.8 Å². The summed E-state index contributed by atoms with van der Waals surface area (Å²) in [5, 5.41) is 0.828. The quantitative estimate of drug-likeness (QED) is 0.537. The fraction of sp³-hybridized carbons (Fsp3) is 0.227. The molecule has 30 heavy (non-hydrogen) atoms. The van der Waals surface area contributed by atoms with Crippen LogP contribution in [0.2, 0.25) is 10.2 Å². The van der Waals surface area contributed by atoms with Crippen LogP contribution >= 0.6 is 23.2 Å². The van der Waals surface area contributed by atoms with Crippen molar-refractivity contribution < 1.29 is 4.79 Å². The van der Waals surface area contributed by atoms with Crippen LogP contribution in [0.25, 0.3) is 5.57 Å². The first-order valence-electron chi connectivity index (χ1n) is 9.52. The van der Waals surface area contributed by atoms with E-state index in [1.807, 2.05) is 0 Å². The normalized spacial score (nSPS) is 14.2. The average molecular weight is 440 g/mol. The number of hydrogen-bond acceptors (Lipinski definition) is 6. The van der Waals surface area contributed by atoms with Gasteiger partial charge in [0, 0.05) is 37.2 Å². The molecule has 0 amide bonds. The standard InChI is InChI=1S/C22H19Cl2N5O/c1-14-6-9-29(22-21(24)25-7-8-26-22)13-17(14)19-12-27-15(11-28-19)10-20(30)16-4-2-3-5-18(16)23/h2-5,7-8,11-12H,6,9-10,13H2,1H3. The average Bonchev–Trinajstić information content (AvgIpc) is 2.75. The topological polar surface area (TPSA) is 71.9 Å². The van der Waals surface area contributed by atoms with Gasteiger partial charge in [0.1, 0.15) is 0 Å². The maximum Gasteiger partial charge on any atom is 0.171 e. The van der Waals surface area contributed by atoms with Gasteiger partial charge < -0.3 is 4.90 Å². The number of Topliss-reactive ketones (excluding diaryl/α,β-unsaturated/α-hetero) is 1. The molecular weight excluding hydrogens is 421 g/mol. The predicted octanol–water partition coefficient (Wildman–Crippen LogP) is 4.68. The van der Waals surface area contributed by atoms with Crippen LogP contribution < -0.4 is 4.90 Å². The minimum atomic E-state index is -0.0841. The van der Waals surface area contributed by atoms with Gasteiger partial charge in [0.2, 0.25) is 0 Å². The van der Waals surface area contributed by atoms with Crippen molar-refractivity contribution in [3.63, 3.8) is 0 Å². The molecule has 1 aliphatic heterocycles. The third-order valence-electron chi connectivity index (χ3n) is 5.09. The summed E-state index contributed by atoms with van der Waals surface area (Å²) in [6, 6.07) is 7.01. The third kappa shape index (κ3) is 4.35. The summed E-state index contributed by atoms with van der Waals surface area (Å²) in [5.41, 5.74) is 4.21. The fourth-order valence-corrected chi connectivity index (χ4v) is 3.88.